The van der Waals surface area contributed by atoms with Crippen molar-refractivity contribution in [2.75, 3.05) is 36.8 Å². The van der Waals surface area contributed by atoms with Crippen molar-refractivity contribution in [3.05, 3.63) is 40.2 Å². The lowest BCUT2D eigenvalue weighted by Gasteiger charge is -2.35. The Kier molecular flexibility index (Phi) is 5.71. The van der Waals surface area contributed by atoms with Crippen molar-refractivity contribution in [2.45, 2.75) is 18.5 Å². The summed E-state index contributed by atoms with van der Waals surface area (Å²) in [6, 6.07) is 6.70. The van der Waals surface area contributed by atoms with Crippen molar-refractivity contribution in [2.24, 2.45) is 0 Å². The minimum Gasteiger partial charge on any atom is -0.362 e. The molecule has 0 spiro atoms. The number of nitrogens with one attached hydrogen (secondary N) is 1. The number of aromatic nitrogens is 3. The number of nitro groups is 1. The molecular formula is C16H20N6O3S. The first-order chi connectivity index (χ1) is 12.6. The fourth-order valence-corrected chi connectivity index (χ4v) is 3.52. The van der Waals surface area contributed by atoms with Gasteiger partial charge in [0.25, 0.3) is 5.69 Å². The molecule has 1 aliphatic rings. The highest BCUT2D eigenvalue weighted by Gasteiger charge is 2.25. The molecule has 1 amide bonds. The number of carbonyl (C=O) groups is 1. The van der Waals surface area contributed by atoms with Crippen LogP contribution in [-0.4, -0.2) is 62.8 Å². The summed E-state index contributed by atoms with van der Waals surface area (Å²) in [5, 5.41) is 18.6. The number of nitro benzene ring substituents is 1. The van der Waals surface area contributed by atoms with Crippen LogP contribution in [0.4, 0.5) is 11.4 Å². The summed E-state index contributed by atoms with van der Waals surface area (Å²) in [5.74, 6) is 1.12. The first-order valence-corrected chi connectivity index (χ1v) is 9.37. The van der Waals surface area contributed by atoms with Crippen LogP contribution in [0.3, 0.4) is 0 Å². The highest BCUT2D eigenvalue weighted by molar-refractivity contribution is 7.99. The van der Waals surface area contributed by atoms with Crippen LogP contribution in [0.25, 0.3) is 0 Å². The third kappa shape index (κ3) is 4.13. The van der Waals surface area contributed by atoms with Crippen LogP contribution < -0.4 is 4.90 Å². The minimum atomic E-state index is -0.370. The van der Waals surface area contributed by atoms with E-state index >= 15 is 0 Å². The number of aromatic amines is 1. The quantitative estimate of drug-likeness (QED) is 0.464. The van der Waals surface area contributed by atoms with E-state index in [0.29, 0.717) is 37.0 Å². The Morgan fingerprint density at radius 1 is 1.31 bits per heavy atom. The van der Waals surface area contributed by atoms with Crippen LogP contribution in [0.15, 0.2) is 29.4 Å². The largest absolute Gasteiger partial charge is 0.362 e. The average molecular weight is 376 g/mol. The van der Waals surface area contributed by atoms with Gasteiger partial charge in [-0.3, -0.25) is 20.0 Å². The fourth-order valence-electron chi connectivity index (χ4n) is 2.80. The van der Waals surface area contributed by atoms with Gasteiger partial charge in [-0.1, -0.05) is 30.8 Å². The molecule has 26 heavy (non-hydrogen) atoms. The molecule has 0 saturated carbocycles. The van der Waals surface area contributed by atoms with E-state index in [1.807, 2.05) is 11.8 Å². The van der Waals surface area contributed by atoms with Gasteiger partial charge in [0.05, 0.1) is 10.7 Å². The van der Waals surface area contributed by atoms with E-state index in [4.69, 9.17) is 0 Å². The average Bonchev–Trinajstić information content (AvgIpc) is 3.14. The minimum absolute atomic E-state index is 0.0278. The van der Waals surface area contributed by atoms with E-state index in [0.717, 1.165) is 12.2 Å². The number of piperazine rings is 1. The zero-order chi connectivity index (χ0) is 18.5. The van der Waals surface area contributed by atoms with Crippen molar-refractivity contribution < 1.29 is 9.72 Å². The van der Waals surface area contributed by atoms with Crippen LogP contribution in [0.1, 0.15) is 12.7 Å². The van der Waals surface area contributed by atoms with Crippen molar-refractivity contribution in [3.63, 3.8) is 0 Å². The van der Waals surface area contributed by atoms with Gasteiger partial charge in [-0.15, -0.1) is 5.10 Å². The molecule has 138 valence electrons. The molecule has 1 aromatic heterocycles. The number of H-pyrrole nitrogens is 1. The number of para-hydroxylation sites is 2. The molecule has 2 heterocycles. The van der Waals surface area contributed by atoms with Gasteiger partial charge in [-0.25, -0.2) is 4.98 Å². The van der Waals surface area contributed by atoms with Crippen LogP contribution in [0, 0.1) is 10.1 Å². The first-order valence-electron chi connectivity index (χ1n) is 8.38. The maximum atomic E-state index is 12.4. The number of aryl methyl sites for hydroxylation is 1. The zero-order valence-electron chi connectivity index (χ0n) is 14.4. The smallest absolute Gasteiger partial charge is 0.292 e. The first kappa shape index (κ1) is 18.2. The molecule has 0 aliphatic carbocycles. The number of carbonyl (C=O) groups excluding carboxylic acids is 1. The lowest BCUT2D eigenvalue weighted by Crippen LogP contribution is -2.49. The standard InChI is InChI=1S/C16H20N6O3S/c1-2-14-17-16(19-18-14)26-11-15(23)21-9-7-20(8-10-21)12-5-3-4-6-13(12)22(24)25/h3-6H,2,7-11H2,1H3,(H,17,18,19). The summed E-state index contributed by atoms with van der Waals surface area (Å²) < 4.78 is 0. The normalized spacial score (nSPS) is 14.5. The molecule has 0 atom stereocenters. The molecule has 1 saturated heterocycles. The molecule has 9 nitrogen and oxygen atoms in total. The van der Waals surface area contributed by atoms with Gasteiger partial charge in [0.1, 0.15) is 11.5 Å². The SMILES string of the molecule is CCc1nc(SCC(=O)N2CCN(c3ccccc3[N+](=O)[O-])CC2)n[nH]1. The lowest BCUT2D eigenvalue weighted by molar-refractivity contribution is -0.384. The Hall–Kier alpha value is -2.62. The number of thioether (sulfide) groups is 1. The van der Waals surface area contributed by atoms with Gasteiger partial charge in [0.15, 0.2) is 0 Å². The fraction of sp³-hybridized carbons (Fsp3) is 0.438. The van der Waals surface area contributed by atoms with Crippen molar-refractivity contribution >= 4 is 29.0 Å². The molecular weight excluding hydrogens is 356 g/mol. The van der Waals surface area contributed by atoms with Crippen LogP contribution >= 0.6 is 11.8 Å². The number of anilines is 1. The monoisotopic (exact) mass is 376 g/mol. The van der Waals surface area contributed by atoms with Gasteiger partial charge in [-0.2, -0.15) is 0 Å². The van der Waals surface area contributed by atoms with Gasteiger partial charge >= 0.3 is 0 Å². The van der Waals surface area contributed by atoms with Crippen molar-refractivity contribution in [1.82, 2.24) is 20.1 Å². The molecule has 2 aromatic rings. The van der Waals surface area contributed by atoms with E-state index in [1.165, 1.54) is 17.8 Å². The van der Waals surface area contributed by atoms with Gasteiger partial charge in [0, 0.05) is 38.7 Å². The Labute approximate surface area is 154 Å². The number of hydrogen-bond acceptors (Lipinski definition) is 7. The van der Waals surface area contributed by atoms with E-state index in [9.17, 15) is 14.9 Å². The molecule has 10 heteroatoms. The van der Waals surface area contributed by atoms with E-state index < -0.39 is 0 Å². The van der Waals surface area contributed by atoms with E-state index in [-0.39, 0.29) is 22.3 Å². The van der Waals surface area contributed by atoms with Gasteiger partial charge < -0.3 is 9.80 Å². The molecule has 0 bridgehead atoms. The van der Waals surface area contributed by atoms with Gasteiger partial charge in [0.2, 0.25) is 11.1 Å². The van der Waals surface area contributed by atoms with Gasteiger partial charge in [-0.05, 0) is 6.07 Å². The summed E-state index contributed by atoms with van der Waals surface area (Å²) in [6.07, 6.45) is 0.773. The summed E-state index contributed by atoms with van der Waals surface area (Å²) in [6.45, 7) is 4.21. The zero-order valence-corrected chi connectivity index (χ0v) is 15.2. The van der Waals surface area contributed by atoms with E-state index in [2.05, 4.69) is 15.2 Å². The molecule has 1 fully saturated rings. The maximum absolute atomic E-state index is 12.4. The third-order valence-electron chi connectivity index (χ3n) is 4.22. The molecule has 1 aliphatic heterocycles. The van der Waals surface area contributed by atoms with Crippen LogP contribution in [0.5, 0.6) is 0 Å². The Morgan fingerprint density at radius 2 is 2.04 bits per heavy atom. The molecule has 1 aromatic carbocycles. The van der Waals surface area contributed by atoms with Crippen LogP contribution in [0.2, 0.25) is 0 Å². The summed E-state index contributed by atoms with van der Waals surface area (Å²) in [4.78, 5) is 31.2. The second-order valence-electron chi connectivity index (χ2n) is 5.82. The molecule has 0 radical (unpaired) electrons. The third-order valence-corrected chi connectivity index (χ3v) is 5.05. The predicted octanol–water partition coefficient (Wildman–Crippen LogP) is 1.72. The molecule has 1 N–H and O–H groups in total. The highest BCUT2D eigenvalue weighted by atomic mass is 32.2. The van der Waals surface area contributed by atoms with E-state index in [1.54, 1.807) is 23.1 Å². The summed E-state index contributed by atoms with van der Waals surface area (Å²) in [7, 11) is 0. The lowest BCUT2D eigenvalue weighted by atomic mass is 10.2. The second kappa shape index (κ2) is 8.17. The summed E-state index contributed by atoms with van der Waals surface area (Å²) in [5.41, 5.74) is 0.700. The number of rotatable bonds is 6. The Bertz CT molecular complexity index is 788. The summed E-state index contributed by atoms with van der Waals surface area (Å²) >= 11 is 1.31. The topological polar surface area (TPSA) is 108 Å². The number of benzene rings is 1. The Balaban J connectivity index is 1.53. The van der Waals surface area contributed by atoms with Crippen molar-refractivity contribution in [3.8, 4) is 0 Å². The number of nitrogens with zero attached hydrogens (tertiary/aromatic N) is 5. The number of hydrogen-bond donors (Lipinski definition) is 1. The van der Waals surface area contributed by atoms with Crippen LogP contribution in [-0.2, 0) is 11.2 Å². The maximum Gasteiger partial charge on any atom is 0.292 e. The Morgan fingerprint density at radius 3 is 2.69 bits per heavy atom. The molecule has 0 unspecified atom stereocenters. The predicted molar refractivity (Wildman–Crippen MR) is 98.4 cm³/mol. The number of amides is 1. The molecule has 3 rings (SSSR count). The second-order valence-corrected chi connectivity index (χ2v) is 6.76. The highest BCUT2D eigenvalue weighted by Crippen LogP contribution is 2.28. The van der Waals surface area contributed by atoms with Crippen molar-refractivity contribution in [1.29, 1.82) is 0 Å².